The Hall–Kier alpha value is -1.42. The second-order valence-corrected chi connectivity index (χ2v) is 5.18. The lowest BCUT2D eigenvalue weighted by atomic mass is 10.1. The number of rotatable bonds is 3. The van der Waals surface area contributed by atoms with E-state index in [4.69, 9.17) is 0 Å². The molecule has 0 amide bonds. The van der Waals surface area contributed by atoms with Crippen LogP contribution in [0.2, 0.25) is 0 Å². The van der Waals surface area contributed by atoms with Gasteiger partial charge in [0.15, 0.2) is 0 Å². The summed E-state index contributed by atoms with van der Waals surface area (Å²) in [6, 6.07) is 7.53. The predicted molar refractivity (Wildman–Crippen MR) is 75.1 cm³/mol. The number of pyridine rings is 1. The van der Waals surface area contributed by atoms with E-state index >= 15 is 0 Å². The van der Waals surface area contributed by atoms with E-state index in [1.807, 2.05) is 32.0 Å². The SMILES string of the molecule is Cc1cc(Br)ccc1NC(C)c1cncc(F)c1. The van der Waals surface area contributed by atoms with Gasteiger partial charge in [-0.15, -0.1) is 0 Å². The van der Waals surface area contributed by atoms with Gasteiger partial charge in [-0.05, 0) is 49.2 Å². The highest BCUT2D eigenvalue weighted by Crippen LogP contribution is 2.24. The monoisotopic (exact) mass is 308 g/mol. The quantitative estimate of drug-likeness (QED) is 0.905. The largest absolute Gasteiger partial charge is 0.378 e. The molecule has 1 atom stereocenters. The fourth-order valence-corrected chi connectivity index (χ4v) is 2.25. The lowest BCUT2D eigenvalue weighted by Gasteiger charge is -2.17. The molecule has 0 fully saturated rings. The third kappa shape index (κ3) is 3.07. The lowest BCUT2D eigenvalue weighted by Crippen LogP contribution is -2.08. The fraction of sp³-hybridized carbons (Fsp3) is 0.214. The summed E-state index contributed by atoms with van der Waals surface area (Å²) in [5.41, 5.74) is 3.01. The number of halogens is 2. The standard InChI is InChI=1S/C14H14BrFN2/c1-9-5-12(15)3-4-14(9)18-10(2)11-6-13(16)8-17-7-11/h3-8,10,18H,1-2H3. The zero-order valence-corrected chi connectivity index (χ0v) is 11.8. The number of anilines is 1. The zero-order valence-electron chi connectivity index (χ0n) is 10.2. The molecule has 0 spiro atoms. The smallest absolute Gasteiger partial charge is 0.141 e. The maximum Gasteiger partial charge on any atom is 0.141 e. The summed E-state index contributed by atoms with van der Waals surface area (Å²) < 4.78 is 14.1. The summed E-state index contributed by atoms with van der Waals surface area (Å²) in [5.74, 6) is -0.311. The number of hydrogen-bond acceptors (Lipinski definition) is 2. The maximum atomic E-state index is 13.1. The highest BCUT2D eigenvalue weighted by atomic mass is 79.9. The summed E-state index contributed by atoms with van der Waals surface area (Å²) in [4.78, 5) is 3.86. The Morgan fingerprint density at radius 1 is 1.28 bits per heavy atom. The van der Waals surface area contributed by atoms with Crippen molar-refractivity contribution in [3.8, 4) is 0 Å². The molecular formula is C14H14BrFN2. The Morgan fingerprint density at radius 2 is 2.06 bits per heavy atom. The maximum absolute atomic E-state index is 13.1. The minimum atomic E-state index is -0.311. The minimum Gasteiger partial charge on any atom is -0.378 e. The molecule has 18 heavy (non-hydrogen) atoms. The van der Waals surface area contributed by atoms with Gasteiger partial charge in [0, 0.05) is 16.4 Å². The van der Waals surface area contributed by atoms with E-state index < -0.39 is 0 Å². The highest BCUT2D eigenvalue weighted by molar-refractivity contribution is 9.10. The van der Waals surface area contributed by atoms with Crippen molar-refractivity contribution in [1.29, 1.82) is 0 Å². The molecule has 0 aliphatic rings. The van der Waals surface area contributed by atoms with Crippen molar-refractivity contribution >= 4 is 21.6 Å². The van der Waals surface area contributed by atoms with Gasteiger partial charge in [0.05, 0.1) is 12.2 Å². The van der Waals surface area contributed by atoms with Crippen LogP contribution in [0.4, 0.5) is 10.1 Å². The van der Waals surface area contributed by atoms with E-state index in [-0.39, 0.29) is 11.9 Å². The third-order valence-electron chi connectivity index (χ3n) is 2.79. The van der Waals surface area contributed by atoms with Crippen molar-refractivity contribution < 1.29 is 4.39 Å². The van der Waals surface area contributed by atoms with Crippen LogP contribution in [-0.2, 0) is 0 Å². The average molecular weight is 309 g/mol. The molecular weight excluding hydrogens is 295 g/mol. The molecule has 2 aromatic rings. The van der Waals surface area contributed by atoms with Gasteiger partial charge in [-0.1, -0.05) is 15.9 Å². The number of aryl methyl sites for hydroxylation is 1. The first-order chi connectivity index (χ1) is 8.56. The average Bonchev–Trinajstić information content (AvgIpc) is 2.32. The van der Waals surface area contributed by atoms with Gasteiger partial charge in [-0.3, -0.25) is 4.98 Å². The molecule has 1 unspecified atom stereocenters. The van der Waals surface area contributed by atoms with Crippen LogP contribution < -0.4 is 5.32 Å². The molecule has 4 heteroatoms. The molecule has 2 nitrogen and oxygen atoms in total. The Morgan fingerprint density at radius 3 is 2.72 bits per heavy atom. The Balaban J connectivity index is 2.18. The number of nitrogens with zero attached hydrogens (tertiary/aromatic N) is 1. The molecule has 0 radical (unpaired) electrons. The van der Waals surface area contributed by atoms with E-state index in [2.05, 4.69) is 26.2 Å². The molecule has 0 saturated heterocycles. The first-order valence-corrected chi connectivity index (χ1v) is 6.48. The van der Waals surface area contributed by atoms with Crippen molar-refractivity contribution in [2.45, 2.75) is 19.9 Å². The number of hydrogen-bond donors (Lipinski definition) is 1. The Labute approximate surface area is 114 Å². The highest BCUT2D eigenvalue weighted by Gasteiger charge is 2.08. The van der Waals surface area contributed by atoms with E-state index in [9.17, 15) is 4.39 Å². The molecule has 1 aromatic heterocycles. The number of benzene rings is 1. The third-order valence-corrected chi connectivity index (χ3v) is 3.28. The van der Waals surface area contributed by atoms with Gasteiger partial charge in [0.2, 0.25) is 0 Å². The molecule has 1 aromatic carbocycles. The van der Waals surface area contributed by atoms with Crippen molar-refractivity contribution in [3.05, 3.63) is 58.1 Å². The number of nitrogens with one attached hydrogen (secondary N) is 1. The molecule has 0 bridgehead atoms. The molecule has 1 heterocycles. The summed E-state index contributed by atoms with van der Waals surface area (Å²) in [6.45, 7) is 4.02. The molecule has 0 aliphatic carbocycles. The molecule has 94 valence electrons. The normalized spacial score (nSPS) is 12.2. The van der Waals surface area contributed by atoms with Gasteiger partial charge >= 0.3 is 0 Å². The topological polar surface area (TPSA) is 24.9 Å². The van der Waals surface area contributed by atoms with Gasteiger partial charge in [-0.2, -0.15) is 0 Å². The molecule has 2 rings (SSSR count). The van der Waals surface area contributed by atoms with Crippen LogP contribution in [0.15, 0.2) is 41.1 Å². The van der Waals surface area contributed by atoms with Crippen molar-refractivity contribution in [2.75, 3.05) is 5.32 Å². The van der Waals surface area contributed by atoms with Crippen LogP contribution >= 0.6 is 15.9 Å². The Bertz CT molecular complexity index is 557. The number of aromatic nitrogens is 1. The molecule has 1 N–H and O–H groups in total. The van der Waals surface area contributed by atoms with Crippen LogP contribution in [0.25, 0.3) is 0 Å². The first-order valence-electron chi connectivity index (χ1n) is 5.69. The predicted octanol–water partition coefficient (Wildman–Crippen LogP) is 4.46. The first kappa shape index (κ1) is 13.0. The van der Waals surface area contributed by atoms with Crippen LogP contribution in [0.3, 0.4) is 0 Å². The summed E-state index contributed by atoms with van der Waals surface area (Å²) >= 11 is 3.43. The second kappa shape index (κ2) is 5.48. The van der Waals surface area contributed by atoms with E-state index in [0.29, 0.717) is 0 Å². The van der Waals surface area contributed by atoms with E-state index in [0.717, 1.165) is 21.3 Å². The summed E-state index contributed by atoms with van der Waals surface area (Å²) in [6.07, 6.45) is 2.88. The molecule has 0 saturated carbocycles. The zero-order chi connectivity index (χ0) is 13.1. The van der Waals surface area contributed by atoms with Crippen LogP contribution in [0.1, 0.15) is 24.1 Å². The van der Waals surface area contributed by atoms with Crippen molar-refractivity contribution in [2.24, 2.45) is 0 Å². The fourth-order valence-electron chi connectivity index (χ4n) is 1.77. The van der Waals surface area contributed by atoms with Crippen molar-refractivity contribution in [1.82, 2.24) is 4.98 Å². The van der Waals surface area contributed by atoms with Gasteiger partial charge < -0.3 is 5.32 Å². The van der Waals surface area contributed by atoms with Gasteiger partial charge in [0.25, 0.3) is 0 Å². The van der Waals surface area contributed by atoms with Gasteiger partial charge in [0.1, 0.15) is 5.82 Å². The summed E-state index contributed by atoms with van der Waals surface area (Å²) in [5, 5.41) is 3.35. The van der Waals surface area contributed by atoms with Gasteiger partial charge in [-0.25, -0.2) is 4.39 Å². The molecule has 0 aliphatic heterocycles. The minimum absolute atomic E-state index is 0.00748. The lowest BCUT2D eigenvalue weighted by molar-refractivity contribution is 0.616. The second-order valence-electron chi connectivity index (χ2n) is 4.26. The Kier molecular flexibility index (Phi) is 3.97. The van der Waals surface area contributed by atoms with Crippen LogP contribution in [0.5, 0.6) is 0 Å². The van der Waals surface area contributed by atoms with Crippen LogP contribution in [-0.4, -0.2) is 4.98 Å². The van der Waals surface area contributed by atoms with E-state index in [1.54, 1.807) is 6.20 Å². The van der Waals surface area contributed by atoms with E-state index in [1.165, 1.54) is 12.3 Å². The van der Waals surface area contributed by atoms with Crippen LogP contribution in [0, 0.1) is 12.7 Å². The summed E-state index contributed by atoms with van der Waals surface area (Å²) in [7, 11) is 0. The van der Waals surface area contributed by atoms with Crippen molar-refractivity contribution in [3.63, 3.8) is 0 Å².